The van der Waals surface area contributed by atoms with Crippen molar-refractivity contribution in [2.45, 2.75) is 65.1 Å². The van der Waals surface area contributed by atoms with Gasteiger partial charge < -0.3 is 15.4 Å². The largest absolute Gasteiger partial charge is 0.384 e. The summed E-state index contributed by atoms with van der Waals surface area (Å²) in [6.45, 7) is 4.83. The summed E-state index contributed by atoms with van der Waals surface area (Å²) in [4.78, 5) is 30.7. The number of aryl methyl sites for hydroxylation is 2. The molecule has 2 N–H and O–H groups in total. The van der Waals surface area contributed by atoms with Gasteiger partial charge in [-0.2, -0.15) is 4.80 Å². The number of nitrogens with zero attached hydrogens (tertiary/aromatic N) is 5. The van der Waals surface area contributed by atoms with Crippen LogP contribution in [-0.4, -0.2) is 56.8 Å². The lowest BCUT2D eigenvalue weighted by atomic mass is 9.86. The number of pyridine rings is 1. The highest BCUT2D eigenvalue weighted by atomic mass is 19.1. The normalized spacial score (nSPS) is 17.3. The van der Waals surface area contributed by atoms with Crippen molar-refractivity contribution in [3.63, 3.8) is 0 Å². The summed E-state index contributed by atoms with van der Waals surface area (Å²) in [7, 11) is 1.59. The predicted octanol–water partition coefficient (Wildman–Crippen LogP) is 3.13. The summed E-state index contributed by atoms with van der Waals surface area (Å²) in [5, 5.41) is 18.9. The van der Waals surface area contributed by atoms with Crippen molar-refractivity contribution in [3.05, 3.63) is 58.7 Å². The molecule has 0 saturated heterocycles. The van der Waals surface area contributed by atoms with Gasteiger partial charge in [-0.3, -0.25) is 9.59 Å². The van der Waals surface area contributed by atoms with Crippen LogP contribution < -0.4 is 10.6 Å². The highest BCUT2D eigenvalue weighted by molar-refractivity contribution is 5.93. The van der Waals surface area contributed by atoms with Crippen molar-refractivity contribution in [1.29, 1.82) is 0 Å². The maximum Gasteiger partial charge on any atom is 0.270 e. The van der Waals surface area contributed by atoms with E-state index in [1.807, 2.05) is 6.07 Å². The number of hydrogen-bond donors (Lipinski definition) is 2. The molecule has 1 aromatic carbocycles. The number of ether oxygens (including phenoxy) is 1. The first-order valence-corrected chi connectivity index (χ1v) is 12.9. The van der Waals surface area contributed by atoms with Crippen LogP contribution >= 0.6 is 0 Å². The molecule has 2 heterocycles. The second kappa shape index (κ2) is 12.7. The van der Waals surface area contributed by atoms with Gasteiger partial charge in [0, 0.05) is 37.4 Å². The van der Waals surface area contributed by atoms with Gasteiger partial charge in [0.2, 0.25) is 11.7 Å². The monoisotopic (exact) mass is 523 g/mol. The van der Waals surface area contributed by atoms with Crippen molar-refractivity contribution >= 4 is 11.8 Å². The van der Waals surface area contributed by atoms with Crippen LogP contribution in [0.4, 0.5) is 4.39 Å². The average molecular weight is 524 g/mol. The number of halogens is 1. The van der Waals surface area contributed by atoms with Crippen LogP contribution in [0.15, 0.2) is 30.3 Å². The summed E-state index contributed by atoms with van der Waals surface area (Å²) < 4.78 is 18.5. The van der Waals surface area contributed by atoms with Crippen LogP contribution in [0.3, 0.4) is 0 Å². The van der Waals surface area contributed by atoms with E-state index in [-0.39, 0.29) is 35.9 Å². The molecule has 2 aromatic heterocycles. The van der Waals surface area contributed by atoms with Gasteiger partial charge in [0.25, 0.3) is 5.91 Å². The lowest BCUT2D eigenvalue weighted by molar-refractivity contribution is -0.122. The Morgan fingerprint density at radius 3 is 2.66 bits per heavy atom. The molecule has 11 heteroatoms. The molecular formula is C27H34FN7O3. The van der Waals surface area contributed by atoms with Crippen LogP contribution in [0.1, 0.15) is 59.4 Å². The van der Waals surface area contributed by atoms with Gasteiger partial charge in [0.15, 0.2) is 0 Å². The van der Waals surface area contributed by atoms with E-state index >= 15 is 0 Å². The quantitative estimate of drug-likeness (QED) is 0.418. The van der Waals surface area contributed by atoms with Crippen molar-refractivity contribution in [2.24, 2.45) is 5.92 Å². The summed E-state index contributed by atoms with van der Waals surface area (Å²) in [6.07, 6.45) is 4.17. The number of carbonyl (C=O) groups is 2. The third kappa shape index (κ3) is 7.41. The lowest BCUT2D eigenvalue weighted by Crippen LogP contribution is -2.38. The number of methoxy groups -OCH3 is 1. The molecule has 3 aromatic rings. The van der Waals surface area contributed by atoms with Gasteiger partial charge in [-0.1, -0.05) is 12.1 Å². The lowest BCUT2D eigenvalue weighted by Gasteiger charge is -2.28. The third-order valence-corrected chi connectivity index (χ3v) is 6.74. The van der Waals surface area contributed by atoms with Crippen molar-refractivity contribution in [1.82, 2.24) is 35.8 Å². The first kappa shape index (κ1) is 27.3. The Kier molecular flexibility index (Phi) is 9.11. The van der Waals surface area contributed by atoms with Crippen molar-refractivity contribution in [2.75, 3.05) is 13.7 Å². The maximum atomic E-state index is 13.5. The average Bonchev–Trinajstić information content (AvgIpc) is 3.37. The number of hydrogen-bond acceptors (Lipinski definition) is 7. The van der Waals surface area contributed by atoms with Crippen LogP contribution in [0.2, 0.25) is 0 Å². The molecule has 0 spiro atoms. The molecule has 10 nitrogen and oxygen atoms in total. The first-order valence-electron chi connectivity index (χ1n) is 12.9. The molecule has 1 fully saturated rings. The molecule has 1 aliphatic rings. The van der Waals surface area contributed by atoms with Gasteiger partial charge >= 0.3 is 0 Å². The molecule has 0 aliphatic heterocycles. The Bertz CT molecular complexity index is 1270. The first-order chi connectivity index (χ1) is 18.3. The number of benzene rings is 1. The van der Waals surface area contributed by atoms with E-state index in [2.05, 4.69) is 31.0 Å². The number of nitrogens with one attached hydrogen (secondary N) is 2. The van der Waals surface area contributed by atoms with Gasteiger partial charge in [-0.15, -0.1) is 10.2 Å². The summed E-state index contributed by atoms with van der Waals surface area (Å²) >= 11 is 0. The summed E-state index contributed by atoms with van der Waals surface area (Å²) in [5.74, 6) is 0.248. The van der Waals surface area contributed by atoms with Crippen LogP contribution in [-0.2, 0) is 22.6 Å². The second-order valence-electron chi connectivity index (χ2n) is 9.84. The molecule has 4 rings (SSSR count). The fourth-order valence-corrected chi connectivity index (χ4v) is 4.65. The Balaban J connectivity index is 1.32. The Morgan fingerprint density at radius 2 is 1.92 bits per heavy atom. The number of rotatable bonds is 10. The van der Waals surface area contributed by atoms with E-state index in [4.69, 9.17) is 4.74 Å². The predicted molar refractivity (Wildman–Crippen MR) is 138 cm³/mol. The Labute approximate surface area is 221 Å². The topological polar surface area (TPSA) is 124 Å². The maximum absolute atomic E-state index is 13.5. The zero-order chi connectivity index (χ0) is 27.1. The fourth-order valence-electron chi connectivity index (χ4n) is 4.65. The van der Waals surface area contributed by atoms with E-state index < -0.39 is 0 Å². The van der Waals surface area contributed by atoms with Crippen molar-refractivity contribution < 1.29 is 18.7 Å². The molecule has 0 atom stereocenters. The molecule has 1 aliphatic carbocycles. The minimum Gasteiger partial charge on any atom is -0.384 e. The highest BCUT2D eigenvalue weighted by Gasteiger charge is 2.23. The van der Waals surface area contributed by atoms with E-state index in [1.165, 1.54) is 6.07 Å². The summed E-state index contributed by atoms with van der Waals surface area (Å²) in [5.41, 5.74) is 2.90. The Morgan fingerprint density at radius 1 is 1.13 bits per heavy atom. The minimum absolute atomic E-state index is 0.0316. The Hall–Kier alpha value is -3.73. The molecule has 202 valence electrons. The number of aromatic nitrogens is 5. The smallest absolute Gasteiger partial charge is 0.270 e. The van der Waals surface area contributed by atoms with Crippen LogP contribution in [0.5, 0.6) is 0 Å². The SMILES string of the molecule is COCCC(=O)NC1CCC(Cn2nnc(-c3cc(C)nc(C(=O)NCc4ccc(F)c(C)c4)c3)n2)CC1. The fraction of sp³-hybridized carbons (Fsp3) is 0.481. The van der Waals surface area contributed by atoms with Gasteiger partial charge in [0.05, 0.1) is 13.2 Å². The van der Waals surface area contributed by atoms with E-state index in [9.17, 15) is 14.0 Å². The van der Waals surface area contributed by atoms with Crippen LogP contribution in [0, 0.1) is 25.6 Å². The molecular weight excluding hydrogens is 489 g/mol. The number of carbonyl (C=O) groups excluding carboxylic acids is 2. The molecule has 0 unspecified atom stereocenters. The number of tetrazole rings is 1. The highest BCUT2D eigenvalue weighted by Crippen LogP contribution is 2.26. The van der Waals surface area contributed by atoms with Gasteiger partial charge in [-0.05, 0) is 80.0 Å². The molecule has 0 bridgehead atoms. The molecule has 0 radical (unpaired) electrons. The number of amides is 2. The van der Waals surface area contributed by atoms with Gasteiger partial charge in [0.1, 0.15) is 11.5 Å². The van der Waals surface area contributed by atoms with E-state index in [0.717, 1.165) is 31.2 Å². The zero-order valence-electron chi connectivity index (χ0n) is 22.0. The molecule has 2 amide bonds. The molecule has 1 saturated carbocycles. The van der Waals surface area contributed by atoms with E-state index in [0.29, 0.717) is 48.1 Å². The van der Waals surface area contributed by atoms with E-state index in [1.54, 1.807) is 44.0 Å². The second-order valence-corrected chi connectivity index (χ2v) is 9.84. The minimum atomic E-state index is -0.338. The summed E-state index contributed by atoms with van der Waals surface area (Å²) in [6, 6.07) is 8.41. The van der Waals surface area contributed by atoms with Crippen molar-refractivity contribution in [3.8, 4) is 11.4 Å². The third-order valence-electron chi connectivity index (χ3n) is 6.74. The van der Waals surface area contributed by atoms with Crippen LogP contribution in [0.25, 0.3) is 11.4 Å². The molecule has 38 heavy (non-hydrogen) atoms. The van der Waals surface area contributed by atoms with Gasteiger partial charge in [-0.25, -0.2) is 9.37 Å². The standard InChI is InChI=1S/C27H34FN7O3/c1-17-12-20(6-9-23(17)28)15-29-27(37)24-14-21(13-18(2)30-24)26-32-34-35(33-26)16-19-4-7-22(8-5-19)31-25(36)10-11-38-3/h6,9,12-14,19,22H,4-5,7-8,10-11,15-16H2,1-3H3,(H,29,37)(H,31,36). The zero-order valence-corrected chi connectivity index (χ0v) is 22.0.